The lowest BCUT2D eigenvalue weighted by molar-refractivity contribution is 0.0412. The zero-order valence-electron chi connectivity index (χ0n) is 12.0. The van der Waals surface area contributed by atoms with Gasteiger partial charge in [-0.2, -0.15) is 0 Å². The van der Waals surface area contributed by atoms with Crippen molar-refractivity contribution in [1.82, 2.24) is 4.90 Å². The van der Waals surface area contributed by atoms with Crippen LogP contribution >= 0.6 is 0 Å². The van der Waals surface area contributed by atoms with Gasteiger partial charge in [-0.15, -0.1) is 0 Å². The van der Waals surface area contributed by atoms with E-state index in [1.165, 1.54) is 6.42 Å². The number of amides is 1. The van der Waals surface area contributed by atoms with Crippen molar-refractivity contribution < 1.29 is 9.53 Å². The zero-order valence-corrected chi connectivity index (χ0v) is 12.0. The number of primary amides is 1. The predicted octanol–water partition coefficient (Wildman–Crippen LogP) is 1.23. The Kier molecular flexibility index (Phi) is 4.98. The van der Waals surface area contributed by atoms with Gasteiger partial charge in [-0.25, -0.2) is 0 Å². The third-order valence-corrected chi connectivity index (χ3v) is 3.70. The zero-order chi connectivity index (χ0) is 14.5. The number of ether oxygens (including phenoxy) is 1. The number of hydrogen-bond donors (Lipinski definition) is 2. The summed E-state index contributed by atoms with van der Waals surface area (Å²) in [4.78, 5) is 13.3. The van der Waals surface area contributed by atoms with Gasteiger partial charge in [-0.1, -0.05) is 6.07 Å². The van der Waals surface area contributed by atoms with Gasteiger partial charge in [0.2, 0.25) is 5.91 Å². The average molecular weight is 277 g/mol. The van der Waals surface area contributed by atoms with Crippen LogP contribution in [0.4, 0.5) is 5.69 Å². The summed E-state index contributed by atoms with van der Waals surface area (Å²) >= 11 is 0. The standard InChI is InChI=1S/C15H23N3O2/c1-18(8-11-3-2-6-20-10-11)9-13-5-4-12(15(17)19)7-14(13)16/h4-5,7,11H,2-3,6,8-10,16H2,1H3,(H2,17,19). The number of carbonyl (C=O) groups is 1. The molecule has 0 spiro atoms. The Morgan fingerprint density at radius 1 is 1.50 bits per heavy atom. The van der Waals surface area contributed by atoms with Crippen LogP contribution in [0.5, 0.6) is 0 Å². The minimum atomic E-state index is -0.448. The van der Waals surface area contributed by atoms with Crippen LogP contribution in [0.2, 0.25) is 0 Å². The molecule has 20 heavy (non-hydrogen) atoms. The smallest absolute Gasteiger partial charge is 0.248 e. The average Bonchev–Trinajstić information content (AvgIpc) is 2.42. The molecule has 110 valence electrons. The van der Waals surface area contributed by atoms with E-state index >= 15 is 0 Å². The fourth-order valence-electron chi connectivity index (χ4n) is 2.64. The van der Waals surface area contributed by atoms with Gasteiger partial charge in [0, 0.05) is 30.9 Å². The van der Waals surface area contributed by atoms with Crippen LogP contribution in [0, 0.1) is 5.92 Å². The number of hydrogen-bond acceptors (Lipinski definition) is 4. The van der Waals surface area contributed by atoms with Gasteiger partial charge >= 0.3 is 0 Å². The van der Waals surface area contributed by atoms with Crippen LogP contribution in [0.25, 0.3) is 0 Å². The lowest BCUT2D eigenvalue weighted by Crippen LogP contribution is -2.30. The molecule has 1 saturated heterocycles. The topological polar surface area (TPSA) is 81.6 Å². The molecule has 5 nitrogen and oxygen atoms in total. The minimum absolute atomic E-state index is 0.448. The van der Waals surface area contributed by atoms with Crippen LogP contribution < -0.4 is 11.5 Å². The second kappa shape index (κ2) is 6.72. The Labute approximate surface area is 119 Å². The summed E-state index contributed by atoms with van der Waals surface area (Å²) in [5.41, 5.74) is 13.3. The molecule has 0 bridgehead atoms. The summed E-state index contributed by atoms with van der Waals surface area (Å²) in [6.45, 7) is 3.50. The highest BCUT2D eigenvalue weighted by molar-refractivity contribution is 5.93. The molecule has 0 radical (unpaired) electrons. The normalized spacial score (nSPS) is 19.2. The molecular weight excluding hydrogens is 254 g/mol. The molecule has 4 N–H and O–H groups in total. The van der Waals surface area contributed by atoms with Crippen molar-refractivity contribution in [2.24, 2.45) is 11.7 Å². The molecule has 1 fully saturated rings. The maximum absolute atomic E-state index is 11.1. The molecule has 1 aliphatic heterocycles. The van der Waals surface area contributed by atoms with Crippen molar-refractivity contribution in [3.63, 3.8) is 0 Å². The molecule has 1 aliphatic rings. The molecule has 0 aromatic heterocycles. The Balaban J connectivity index is 1.93. The first-order chi connectivity index (χ1) is 9.56. The maximum Gasteiger partial charge on any atom is 0.248 e. The molecule has 1 unspecified atom stereocenters. The van der Waals surface area contributed by atoms with E-state index in [0.717, 1.165) is 38.3 Å². The largest absolute Gasteiger partial charge is 0.398 e. The van der Waals surface area contributed by atoms with E-state index in [2.05, 4.69) is 11.9 Å². The van der Waals surface area contributed by atoms with Crippen LogP contribution in [-0.2, 0) is 11.3 Å². The Bertz CT molecular complexity index is 470. The summed E-state index contributed by atoms with van der Waals surface area (Å²) in [7, 11) is 2.08. The van der Waals surface area contributed by atoms with Gasteiger partial charge < -0.3 is 21.1 Å². The van der Waals surface area contributed by atoms with Crippen LogP contribution in [0.15, 0.2) is 18.2 Å². The number of anilines is 1. The molecule has 2 rings (SSSR count). The van der Waals surface area contributed by atoms with Crippen molar-refractivity contribution in [1.29, 1.82) is 0 Å². The van der Waals surface area contributed by atoms with Crippen LogP contribution in [-0.4, -0.2) is 37.6 Å². The van der Waals surface area contributed by atoms with E-state index in [-0.39, 0.29) is 0 Å². The molecule has 1 aromatic rings. The van der Waals surface area contributed by atoms with E-state index in [1.807, 2.05) is 6.07 Å². The summed E-state index contributed by atoms with van der Waals surface area (Å²) in [5, 5.41) is 0. The van der Waals surface area contributed by atoms with Gasteiger partial charge in [0.15, 0.2) is 0 Å². The Morgan fingerprint density at radius 3 is 2.90 bits per heavy atom. The highest BCUT2D eigenvalue weighted by Crippen LogP contribution is 2.19. The second-order valence-corrected chi connectivity index (χ2v) is 5.56. The molecular formula is C15H23N3O2. The summed E-state index contributed by atoms with van der Waals surface area (Å²) in [6, 6.07) is 5.25. The van der Waals surface area contributed by atoms with Crippen molar-refractivity contribution in [3.8, 4) is 0 Å². The first kappa shape index (κ1) is 14.8. The number of nitrogen functional groups attached to an aromatic ring is 1. The predicted molar refractivity (Wildman–Crippen MR) is 79.2 cm³/mol. The first-order valence-electron chi connectivity index (χ1n) is 7.00. The van der Waals surface area contributed by atoms with Crippen molar-refractivity contribution >= 4 is 11.6 Å². The van der Waals surface area contributed by atoms with Crippen molar-refractivity contribution in [3.05, 3.63) is 29.3 Å². The van der Waals surface area contributed by atoms with E-state index in [9.17, 15) is 4.79 Å². The molecule has 1 aromatic carbocycles. The van der Waals surface area contributed by atoms with Gasteiger partial charge in [-0.3, -0.25) is 4.79 Å². The third-order valence-electron chi connectivity index (χ3n) is 3.70. The lowest BCUT2D eigenvalue weighted by Gasteiger charge is -2.27. The molecule has 1 amide bonds. The van der Waals surface area contributed by atoms with E-state index < -0.39 is 5.91 Å². The quantitative estimate of drug-likeness (QED) is 0.793. The van der Waals surface area contributed by atoms with Crippen molar-refractivity contribution in [2.45, 2.75) is 19.4 Å². The number of carbonyl (C=O) groups excluding carboxylic acids is 1. The molecule has 5 heteroatoms. The number of benzene rings is 1. The highest BCUT2D eigenvalue weighted by Gasteiger charge is 2.16. The van der Waals surface area contributed by atoms with Gasteiger partial charge in [0.25, 0.3) is 0 Å². The van der Waals surface area contributed by atoms with Gasteiger partial charge in [-0.05, 0) is 43.5 Å². The molecule has 1 heterocycles. The maximum atomic E-state index is 11.1. The number of nitrogens with zero attached hydrogens (tertiary/aromatic N) is 1. The van der Waals surface area contributed by atoms with E-state index in [4.69, 9.17) is 16.2 Å². The minimum Gasteiger partial charge on any atom is -0.398 e. The first-order valence-corrected chi connectivity index (χ1v) is 7.00. The van der Waals surface area contributed by atoms with Crippen molar-refractivity contribution in [2.75, 3.05) is 32.5 Å². The number of nitrogens with two attached hydrogens (primary N) is 2. The fraction of sp³-hybridized carbons (Fsp3) is 0.533. The van der Waals surface area contributed by atoms with Crippen LogP contribution in [0.3, 0.4) is 0 Å². The second-order valence-electron chi connectivity index (χ2n) is 5.56. The van der Waals surface area contributed by atoms with E-state index in [1.54, 1.807) is 12.1 Å². The molecule has 1 atom stereocenters. The van der Waals surface area contributed by atoms with Gasteiger partial charge in [0.05, 0.1) is 6.61 Å². The lowest BCUT2D eigenvalue weighted by atomic mass is 10.0. The summed E-state index contributed by atoms with van der Waals surface area (Å²) in [6.07, 6.45) is 2.37. The third kappa shape index (κ3) is 3.95. The Morgan fingerprint density at radius 2 is 2.30 bits per heavy atom. The SMILES string of the molecule is CN(Cc1ccc(C(N)=O)cc1N)CC1CCCOC1. The molecule has 0 saturated carbocycles. The Hall–Kier alpha value is -1.59. The molecule has 0 aliphatic carbocycles. The highest BCUT2D eigenvalue weighted by atomic mass is 16.5. The van der Waals surface area contributed by atoms with Gasteiger partial charge in [0.1, 0.15) is 0 Å². The van der Waals surface area contributed by atoms with Crippen LogP contribution in [0.1, 0.15) is 28.8 Å². The fourth-order valence-corrected chi connectivity index (χ4v) is 2.64. The van der Waals surface area contributed by atoms with E-state index in [0.29, 0.717) is 17.2 Å². The monoisotopic (exact) mass is 277 g/mol. The number of rotatable bonds is 5. The summed E-state index contributed by atoms with van der Waals surface area (Å²) < 4.78 is 5.50. The summed E-state index contributed by atoms with van der Waals surface area (Å²) in [5.74, 6) is 0.149.